The summed E-state index contributed by atoms with van der Waals surface area (Å²) in [6, 6.07) is 0. The normalized spacial score (nSPS) is 14.0. The molecule has 0 spiro atoms. The molecule has 0 N–H and O–H groups in total. The largest absolute Gasteiger partial charge is 0.466 e. The molecule has 0 rings (SSSR count). The lowest BCUT2D eigenvalue weighted by atomic mass is 9.76. The minimum atomic E-state index is -0.0267. The third-order valence-corrected chi connectivity index (χ3v) is 4.26. The number of esters is 1. The van der Waals surface area contributed by atoms with Gasteiger partial charge in [-0.05, 0) is 31.6 Å². The minimum absolute atomic E-state index is 0.0267. The van der Waals surface area contributed by atoms with Crippen LogP contribution in [0.4, 0.5) is 0 Å². The summed E-state index contributed by atoms with van der Waals surface area (Å²) in [7, 11) is 0. The van der Waals surface area contributed by atoms with Gasteiger partial charge < -0.3 is 4.74 Å². The van der Waals surface area contributed by atoms with E-state index in [1.54, 1.807) is 0 Å². The van der Waals surface area contributed by atoms with Crippen molar-refractivity contribution in [1.29, 1.82) is 0 Å². The lowest BCUT2D eigenvalue weighted by molar-refractivity contribution is -0.143. The number of carbonyl (C=O) groups excluding carboxylic acids is 1. The van der Waals surface area contributed by atoms with E-state index in [2.05, 4.69) is 20.8 Å². The molecule has 0 aliphatic carbocycles. The molecule has 1 atom stereocenters. The van der Waals surface area contributed by atoms with Crippen LogP contribution in [0.15, 0.2) is 0 Å². The van der Waals surface area contributed by atoms with Crippen LogP contribution in [-0.2, 0) is 9.53 Å². The Morgan fingerprint density at radius 3 is 2.05 bits per heavy atom. The highest BCUT2D eigenvalue weighted by Gasteiger charge is 2.24. The standard InChI is InChI=1S/C18H36O2/c1-5-8-10-11-12-15-18(4,14-9-6-2)16-13-17(19)20-7-3/h5-16H2,1-4H3. The van der Waals surface area contributed by atoms with Crippen molar-refractivity contribution < 1.29 is 9.53 Å². The molecule has 0 aromatic rings. The highest BCUT2D eigenvalue weighted by Crippen LogP contribution is 2.35. The molecule has 0 bridgehead atoms. The summed E-state index contributed by atoms with van der Waals surface area (Å²) in [6.07, 6.45) is 13.3. The summed E-state index contributed by atoms with van der Waals surface area (Å²) < 4.78 is 5.06. The molecule has 120 valence electrons. The first kappa shape index (κ1) is 19.5. The van der Waals surface area contributed by atoms with Crippen LogP contribution < -0.4 is 0 Å². The Hall–Kier alpha value is -0.530. The van der Waals surface area contributed by atoms with Crippen molar-refractivity contribution in [3.05, 3.63) is 0 Å². The van der Waals surface area contributed by atoms with E-state index in [1.165, 1.54) is 57.8 Å². The summed E-state index contributed by atoms with van der Waals surface area (Å²) in [5.41, 5.74) is 0.328. The molecular formula is C18H36O2. The second-order valence-corrected chi connectivity index (χ2v) is 6.38. The van der Waals surface area contributed by atoms with Crippen LogP contribution >= 0.6 is 0 Å². The smallest absolute Gasteiger partial charge is 0.305 e. The van der Waals surface area contributed by atoms with Crippen molar-refractivity contribution in [2.75, 3.05) is 6.61 Å². The van der Waals surface area contributed by atoms with E-state index in [0.29, 0.717) is 18.4 Å². The molecule has 0 aromatic heterocycles. The maximum atomic E-state index is 11.6. The summed E-state index contributed by atoms with van der Waals surface area (Å²) >= 11 is 0. The van der Waals surface area contributed by atoms with Crippen molar-refractivity contribution in [1.82, 2.24) is 0 Å². The summed E-state index contributed by atoms with van der Waals surface area (Å²) in [5.74, 6) is -0.0267. The van der Waals surface area contributed by atoms with E-state index in [9.17, 15) is 4.79 Å². The summed E-state index contributed by atoms with van der Waals surface area (Å²) in [6.45, 7) is 9.24. The third kappa shape index (κ3) is 10.3. The number of rotatable bonds is 13. The quantitative estimate of drug-likeness (QED) is 0.311. The number of carbonyl (C=O) groups is 1. The Bertz CT molecular complexity index is 238. The summed E-state index contributed by atoms with van der Waals surface area (Å²) in [4.78, 5) is 11.6. The first-order chi connectivity index (χ1) is 9.58. The topological polar surface area (TPSA) is 26.3 Å². The van der Waals surface area contributed by atoms with Crippen molar-refractivity contribution in [2.45, 2.75) is 98.3 Å². The molecule has 0 saturated carbocycles. The van der Waals surface area contributed by atoms with E-state index in [1.807, 2.05) is 6.92 Å². The maximum Gasteiger partial charge on any atom is 0.305 e. The van der Waals surface area contributed by atoms with Gasteiger partial charge in [0.05, 0.1) is 6.61 Å². The molecule has 0 aliphatic rings. The predicted octanol–water partition coefficient (Wildman–Crippen LogP) is 5.89. The van der Waals surface area contributed by atoms with Crippen LogP contribution in [0.1, 0.15) is 98.3 Å². The van der Waals surface area contributed by atoms with Gasteiger partial charge in [0.2, 0.25) is 0 Å². The highest BCUT2D eigenvalue weighted by atomic mass is 16.5. The zero-order valence-corrected chi connectivity index (χ0v) is 14.3. The lowest BCUT2D eigenvalue weighted by Gasteiger charge is -2.29. The van der Waals surface area contributed by atoms with Crippen LogP contribution in [0, 0.1) is 5.41 Å². The van der Waals surface area contributed by atoms with Crippen LogP contribution in [0.5, 0.6) is 0 Å². The van der Waals surface area contributed by atoms with Crippen molar-refractivity contribution in [3.8, 4) is 0 Å². The fraction of sp³-hybridized carbons (Fsp3) is 0.944. The average molecular weight is 284 g/mol. The van der Waals surface area contributed by atoms with Gasteiger partial charge in [-0.2, -0.15) is 0 Å². The Balaban J connectivity index is 4.09. The van der Waals surface area contributed by atoms with E-state index >= 15 is 0 Å². The van der Waals surface area contributed by atoms with Gasteiger partial charge in [0.25, 0.3) is 0 Å². The Morgan fingerprint density at radius 2 is 1.45 bits per heavy atom. The second-order valence-electron chi connectivity index (χ2n) is 6.38. The Morgan fingerprint density at radius 1 is 0.850 bits per heavy atom. The Labute approximate surface area is 126 Å². The molecule has 0 fully saturated rings. The van der Waals surface area contributed by atoms with Crippen molar-refractivity contribution in [3.63, 3.8) is 0 Å². The first-order valence-corrected chi connectivity index (χ1v) is 8.73. The monoisotopic (exact) mass is 284 g/mol. The van der Waals surface area contributed by atoms with Crippen LogP contribution in [0.3, 0.4) is 0 Å². The summed E-state index contributed by atoms with van der Waals surface area (Å²) in [5, 5.41) is 0. The van der Waals surface area contributed by atoms with Gasteiger partial charge in [0.1, 0.15) is 0 Å². The van der Waals surface area contributed by atoms with Crippen LogP contribution in [0.25, 0.3) is 0 Å². The molecule has 0 aromatic carbocycles. The Kier molecular flexibility index (Phi) is 11.9. The van der Waals surface area contributed by atoms with Crippen molar-refractivity contribution in [2.24, 2.45) is 5.41 Å². The molecule has 20 heavy (non-hydrogen) atoms. The lowest BCUT2D eigenvalue weighted by Crippen LogP contribution is -2.19. The van der Waals surface area contributed by atoms with Crippen LogP contribution in [0.2, 0.25) is 0 Å². The minimum Gasteiger partial charge on any atom is -0.466 e. The molecule has 2 heteroatoms. The third-order valence-electron chi connectivity index (χ3n) is 4.26. The van der Waals surface area contributed by atoms with Gasteiger partial charge in [-0.15, -0.1) is 0 Å². The fourth-order valence-corrected chi connectivity index (χ4v) is 2.77. The number of hydrogen-bond donors (Lipinski definition) is 0. The molecule has 0 amide bonds. The van der Waals surface area contributed by atoms with E-state index in [-0.39, 0.29) is 5.97 Å². The molecule has 1 unspecified atom stereocenters. The van der Waals surface area contributed by atoms with Gasteiger partial charge in [-0.3, -0.25) is 4.79 Å². The zero-order chi connectivity index (χ0) is 15.3. The van der Waals surface area contributed by atoms with Gasteiger partial charge in [0, 0.05) is 6.42 Å². The van der Waals surface area contributed by atoms with Gasteiger partial charge >= 0.3 is 5.97 Å². The van der Waals surface area contributed by atoms with Gasteiger partial charge in [0.15, 0.2) is 0 Å². The number of unbranched alkanes of at least 4 members (excludes halogenated alkanes) is 5. The maximum absolute atomic E-state index is 11.6. The molecule has 0 saturated heterocycles. The molecule has 0 aliphatic heterocycles. The van der Waals surface area contributed by atoms with Gasteiger partial charge in [-0.25, -0.2) is 0 Å². The highest BCUT2D eigenvalue weighted by molar-refractivity contribution is 5.69. The fourth-order valence-electron chi connectivity index (χ4n) is 2.77. The van der Waals surface area contributed by atoms with E-state index < -0.39 is 0 Å². The van der Waals surface area contributed by atoms with Crippen LogP contribution in [-0.4, -0.2) is 12.6 Å². The van der Waals surface area contributed by atoms with E-state index in [0.717, 1.165) is 6.42 Å². The van der Waals surface area contributed by atoms with Gasteiger partial charge in [-0.1, -0.05) is 65.7 Å². The van der Waals surface area contributed by atoms with E-state index in [4.69, 9.17) is 4.74 Å². The molecule has 0 heterocycles. The molecule has 2 nitrogen and oxygen atoms in total. The van der Waals surface area contributed by atoms with Crippen molar-refractivity contribution >= 4 is 5.97 Å². The average Bonchev–Trinajstić information content (AvgIpc) is 2.43. The number of ether oxygens (including phenoxy) is 1. The molecule has 0 radical (unpaired) electrons. The second kappa shape index (κ2) is 12.2. The first-order valence-electron chi connectivity index (χ1n) is 8.73. The SMILES string of the molecule is CCCCCCCC(C)(CCCC)CCC(=O)OCC. The molecular weight excluding hydrogens is 248 g/mol. The zero-order valence-electron chi connectivity index (χ0n) is 14.3. The predicted molar refractivity (Wildman–Crippen MR) is 86.9 cm³/mol. The number of hydrogen-bond acceptors (Lipinski definition) is 2.